The summed E-state index contributed by atoms with van der Waals surface area (Å²) >= 11 is 0. The number of ether oxygens (including phenoxy) is 2. The van der Waals surface area contributed by atoms with E-state index in [0.717, 1.165) is 18.7 Å². The minimum absolute atomic E-state index is 0.136. The number of morpholine rings is 2. The quantitative estimate of drug-likeness (QED) is 0.700. The maximum Gasteiger partial charge on any atom is 0.255 e. The number of hydrogen-bond donors (Lipinski definition) is 2. The maximum atomic E-state index is 12.3. The number of hydrogen-bond acceptors (Lipinski definition) is 7. The minimum atomic E-state index is -0.505. The lowest BCUT2D eigenvalue weighted by Gasteiger charge is -2.29. The Hall–Kier alpha value is -2.07. The summed E-state index contributed by atoms with van der Waals surface area (Å²) in [6.45, 7) is 4.22. The zero-order valence-corrected chi connectivity index (χ0v) is 15.8. The molecule has 0 bridgehead atoms. The first-order valence-corrected chi connectivity index (χ1v) is 9.15. The lowest BCUT2D eigenvalue weighted by molar-refractivity contribution is -0.138. The number of pyridine rings is 1. The molecule has 2 aliphatic heterocycles. The lowest BCUT2D eigenvalue weighted by Crippen LogP contribution is -2.48. The molecule has 2 saturated heterocycles. The molecule has 0 saturated carbocycles. The van der Waals surface area contributed by atoms with Crippen molar-refractivity contribution in [3.05, 3.63) is 23.9 Å². The molecule has 2 atom stereocenters. The summed E-state index contributed by atoms with van der Waals surface area (Å²) in [6.07, 6.45) is 0.648. The van der Waals surface area contributed by atoms with Gasteiger partial charge in [0.15, 0.2) is 0 Å². The highest BCUT2D eigenvalue weighted by atomic mass is 16.5. The topological polar surface area (TPSA) is 96.0 Å². The van der Waals surface area contributed by atoms with Crippen LogP contribution in [0.25, 0.3) is 0 Å². The first kappa shape index (κ1) is 19.7. The Kier molecular flexibility index (Phi) is 6.73. The number of nitrogens with one attached hydrogen (secondary N) is 2. The van der Waals surface area contributed by atoms with Gasteiger partial charge >= 0.3 is 0 Å². The Morgan fingerprint density at radius 1 is 1.11 bits per heavy atom. The minimum Gasteiger partial charge on any atom is -0.366 e. The van der Waals surface area contributed by atoms with Crippen LogP contribution in [-0.2, 0) is 25.6 Å². The fourth-order valence-corrected chi connectivity index (χ4v) is 3.04. The molecule has 9 nitrogen and oxygen atoms in total. The second kappa shape index (κ2) is 9.23. The molecular formula is C18H27N5O4. The van der Waals surface area contributed by atoms with Crippen LogP contribution in [0.1, 0.15) is 5.56 Å². The fraction of sp³-hybridized carbons (Fsp3) is 0.611. The standard InChI is InChI=1S/C18H27N5O4/c1-22-5-7-26-14(11-22)17(24)20-10-13-3-4-19-16(9-13)21-18(25)15-12-23(2)6-8-27-15/h3-4,9,14-15H,5-8,10-12H2,1-2H3,(H,20,24)(H,19,21,25)/t14-,15+/m1/s1. The first-order chi connectivity index (χ1) is 13.0. The van der Waals surface area contributed by atoms with Crippen LogP contribution in [0.15, 0.2) is 18.3 Å². The Balaban J connectivity index is 1.51. The number of anilines is 1. The summed E-state index contributed by atoms with van der Waals surface area (Å²) in [5.41, 5.74) is 0.847. The highest BCUT2D eigenvalue weighted by molar-refractivity contribution is 5.93. The van der Waals surface area contributed by atoms with Crippen molar-refractivity contribution >= 4 is 17.6 Å². The monoisotopic (exact) mass is 377 g/mol. The van der Waals surface area contributed by atoms with Gasteiger partial charge in [0.2, 0.25) is 0 Å². The second-order valence-corrected chi connectivity index (χ2v) is 7.00. The van der Waals surface area contributed by atoms with Crippen molar-refractivity contribution in [3.8, 4) is 0 Å². The molecule has 27 heavy (non-hydrogen) atoms. The van der Waals surface area contributed by atoms with Crippen molar-refractivity contribution in [1.82, 2.24) is 20.1 Å². The highest BCUT2D eigenvalue weighted by Crippen LogP contribution is 2.10. The molecule has 1 aromatic rings. The Bertz CT molecular complexity index is 671. The molecule has 3 heterocycles. The van der Waals surface area contributed by atoms with Crippen molar-refractivity contribution in [1.29, 1.82) is 0 Å². The number of carbonyl (C=O) groups excluding carboxylic acids is 2. The van der Waals surface area contributed by atoms with E-state index in [4.69, 9.17) is 9.47 Å². The van der Waals surface area contributed by atoms with Crippen LogP contribution in [0.4, 0.5) is 5.82 Å². The van der Waals surface area contributed by atoms with Crippen molar-refractivity contribution in [3.63, 3.8) is 0 Å². The number of carbonyl (C=O) groups is 2. The zero-order chi connectivity index (χ0) is 19.2. The van der Waals surface area contributed by atoms with Crippen molar-refractivity contribution < 1.29 is 19.1 Å². The molecule has 0 spiro atoms. The van der Waals surface area contributed by atoms with Crippen LogP contribution in [-0.4, -0.2) is 92.3 Å². The molecule has 9 heteroatoms. The molecule has 1 aromatic heterocycles. The predicted octanol–water partition coefficient (Wildman–Crippen LogP) is -0.702. The van der Waals surface area contributed by atoms with Crippen LogP contribution in [0.3, 0.4) is 0 Å². The predicted molar refractivity (Wildman–Crippen MR) is 99.2 cm³/mol. The number of likely N-dealkylation sites (N-methyl/N-ethyl adjacent to an activating group) is 2. The van der Waals surface area contributed by atoms with Crippen molar-refractivity contribution in [2.75, 3.05) is 58.8 Å². The third kappa shape index (κ3) is 5.70. The molecule has 2 aliphatic rings. The Morgan fingerprint density at radius 2 is 1.74 bits per heavy atom. The summed E-state index contributed by atoms with van der Waals surface area (Å²) in [5.74, 6) is 0.0914. The molecule has 0 unspecified atom stereocenters. The second-order valence-electron chi connectivity index (χ2n) is 7.00. The number of aromatic nitrogens is 1. The first-order valence-electron chi connectivity index (χ1n) is 9.15. The molecule has 0 aliphatic carbocycles. The van der Waals surface area contributed by atoms with Gasteiger partial charge in [0.05, 0.1) is 13.2 Å². The smallest absolute Gasteiger partial charge is 0.255 e. The zero-order valence-electron chi connectivity index (χ0n) is 15.8. The van der Waals surface area contributed by atoms with Crippen LogP contribution >= 0.6 is 0 Å². The molecule has 3 rings (SSSR count). The maximum absolute atomic E-state index is 12.3. The molecular weight excluding hydrogens is 350 g/mol. The molecule has 0 aromatic carbocycles. The van der Waals surface area contributed by atoms with Crippen LogP contribution in [0, 0.1) is 0 Å². The van der Waals surface area contributed by atoms with Gasteiger partial charge in [-0.25, -0.2) is 4.98 Å². The van der Waals surface area contributed by atoms with Gasteiger partial charge < -0.3 is 29.9 Å². The number of rotatable bonds is 5. The average Bonchev–Trinajstić information content (AvgIpc) is 2.66. The van der Waals surface area contributed by atoms with Crippen molar-refractivity contribution in [2.24, 2.45) is 0 Å². The average molecular weight is 377 g/mol. The van der Waals surface area contributed by atoms with Crippen LogP contribution in [0.2, 0.25) is 0 Å². The number of amides is 2. The van der Waals surface area contributed by atoms with E-state index in [2.05, 4.69) is 25.4 Å². The fourth-order valence-electron chi connectivity index (χ4n) is 3.04. The van der Waals surface area contributed by atoms with Gasteiger partial charge in [-0.1, -0.05) is 0 Å². The van der Waals surface area contributed by atoms with Gasteiger partial charge in [-0.05, 0) is 31.8 Å². The van der Waals surface area contributed by atoms with E-state index in [9.17, 15) is 9.59 Å². The highest BCUT2D eigenvalue weighted by Gasteiger charge is 2.26. The molecule has 2 fully saturated rings. The lowest BCUT2D eigenvalue weighted by atomic mass is 10.2. The van der Waals surface area contributed by atoms with E-state index in [0.29, 0.717) is 38.7 Å². The van der Waals surface area contributed by atoms with E-state index in [1.54, 1.807) is 18.3 Å². The third-order valence-corrected chi connectivity index (χ3v) is 4.67. The Labute approximate surface area is 159 Å². The van der Waals surface area contributed by atoms with Gasteiger partial charge in [-0.15, -0.1) is 0 Å². The van der Waals surface area contributed by atoms with E-state index >= 15 is 0 Å². The SMILES string of the molecule is CN1CCO[C@H](C(=O)Nc2cc(CNC(=O)[C@H]3CN(C)CCO3)ccn2)C1. The molecule has 0 radical (unpaired) electrons. The summed E-state index contributed by atoms with van der Waals surface area (Å²) in [4.78, 5) is 32.9. The van der Waals surface area contributed by atoms with Gasteiger partial charge in [0.25, 0.3) is 11.8 Å². The summed E-state index contributed by atoms with van der Waals surface area (Å²) in [6, 6.07) is 3.55. The largest absolute Gasteiger partial charge is 0.366 e. The van der Waals surface area contributed by atoms with Crippen LogP contribution in [0.5, 0.6) is 0 Å². The molecule has 2 N–H and O–H groups in total. The van der Waals surface area contributed by atoms with Gasteiger partial charge in [-0.2, -0.15) is 0 Å². The number of nitrogens with zero attached hydrogens (tertiary/aromatic N) is 3. The van der Waals surface area contributed by atoms with E-state index < -0.39 is 12.2 Å². The van der Waals surface area contributed by atoms with Crippen LogP contribution < -0.4 is 10.6 Å². The van der Waals surface area contributed by atoms with E-state index in [1.807, 2.05) is 14.1 Å². The van der Waals surface area contributed by atoms with Gasteiger partial charge in [-0.3, -0.25) is 9.59 Å². The van der Waals surface area contributed by atoms with Gasteiger partial charge in [0.1, 0.15) is 18.0 Å². The van der Waals surface area contributed by atoms with E-state index in [-0.39, 0.29) is 11.8 Å². The Morgan fingerprint density at radius 3 is 2.37 bits per heavy atom. The normalized spacial score (nSPS) is 24.4. The summed E-state index contributed by atoms with van der Waals surface area (Å²) in [7, 11) is 3.92. The molecule has 2 amide bonds. The summed E-state index contributed by atoms with van der Waals surface area (Å²) in [5, 5.41) is 5.66. The molecule has 148 valence electrons. The summed E-state index contributed by atoms with van der Waals surface area (Å²) < 4.78 is 11.0. The van der Waals surface area contributed by atoms with Crippen molar-refractivity contribution in [2.45, 2.75) is 18.8 Å². The van der Waals surface area contributed by atoms with E-state index in [1.165, 1.54) is 0 Å². The third-order valence-electron chi connectivity index (χ3n) is 4.67. The van der Waals surface area contributed by atoms with Gasteiger partial charge in [0, 0.05) is 38.9 Å².